The van der Waals surface area contributed by atoms with E-state index in [9.17, 15) is 18.0 Å². The predicted molar refractivity (Wildman–Crippen MR) is 104 cm³/mol. The number of aromatic nitrogens is 2. The van der Waals surface area contributed by atoms with E-state index >= 15 is 0 Å². The summed E-state index contributed by atoms with van der Waals surface area (Å²) >= 11 is 1.13. The molecule has 0 atom stereocenters. The average Bonchev–Trinajstić information content (AvgIpc) is 2.67. The van der Waals surface area contributed by atoms with Gasteiger partial charge in [0.25, 0.3) is 5.56 Å². The highest BCUT2D eigenvalue weighted by atomic mass is 32.2. The van der Waals surface area contributed by atoms with Crippen molar-refractivity contribution in [3.8, 4) is 0 Å². The molecule has 0 saturated heterocycles. The summed E-state index contributed by atoms with van der Waals surface area (Å²) in [7, 11) is 1.60. The summed E-state index contributed by atoms with van der Waals surface area (Å²) in [6, 6.07) is 15.1. The van der Waals surface area contributed by atoms with Gasteiger partial charge in [0.15, 0.2) is 5.16 Å². The maximum absolute atomic E-state index is 13.2. The Labute approximate surface area is 165 Å². The molecule has 28 heavy (non-hydrogen) atoms. The fourth-order valence-corrected chi connectivity index (χ4v) is 3.94. The van der Waals surface area contributed by atoms with E-state index < -0.39 is 11.7 Å². The fourth-order valence-electron chi connectivity index (χ4n) is 2.93. The van der Waals surface area contributed by atoms with Gasteiger partial charge in [-0.2, -0.15) is 13.2 Å². The molecule has 3 nitrogen and oxygen atoms in total. The van der Waals surface area contributed by atoms with Gasteiger partial charge in [-0.1, -0.05) is 60.3 Å². The normalized spacial score (nSPS) is 11.6. The van der Waals surface area contributed by atoms with Gasteiger partial charge in [-0.05, 0) is 24.1 Å². The Bertz CT molecular complexity index is 1030. The van der Waals surface area contributed by atoms with Crippen molar-refractivity contribution in [2.45, 2.75) is 30.4 Å². The van der Waals surface area contributed by atoms with Crippen molar-refractivity contribution in [3.63, 3.8) is 0 Å². The van der Waals surface area contributed by atoms with Crippen LogP contribution in [0.3, 0.4) is 0 Å². The first kappa shape index (κ1) is 20.2. The number of hydrogen-bond acceptors (Lipinski definition) is 3. The Kier molecular flexibility index (Phi) is 5.93. The van der Waals surface area contributed by atoms with Crippen LogP contribution in [0.25, 0.3) is 0 Å². The van der Waals surface area contributed by atoms with Crippen LogP contribution in [0.5, 0.6) is 0 Å². The number of benzene rings is 2. The quantitative estimate of drug-likeness (QED) is 0.444. The molecule has 0 saturated carbocycles. The van der Waals surface area contributed by atoms with Crippen LogP contribution in [0.15, 0.2) is 64.5 Å². The number of thioether (sulfide) groups is 1. The number of hydrogen-bond donors (Lipinski definition) is 0. The predicted octanol–water partition coefficient (Wildman–Crippen LogP) is 4.99. The zero-order valence-corrected chi connectivity index (χ0v) is 16.3. The van der Waals surface area contributed by atoms with Gasteiger partial charge in [-0.15, -0.1) is 0 Å². The SMILES string of the molecule is Cc1nc(SCc2ccccc2C(F)(F)F)n(C)c(=O)c1Cc1ccccc1. The van der Waals surface area contributed by atoms with E-state index in [1.165, 1.54) is 16.7 Å². The molecular formula is C21H19F3N2OS. The van der Waals surface area contributed by atoms with Crippen molar-refractivity contribution in [2.75, 3.05) is 0 Å². The van der Waals surface area contributed by atoms with E-state index in [0.29, 0.717) is 22.8 Å². The molecule has 1 heterocycles. The van der Waals surface area contributed by atoms with Gasteiger partial charge in [-0.3, -0.25) is 9.36 Å². The van der Waals surface area contributed by atoms with Gasteiger partial charge >= 0.3 is 6.18 Å². The monoisotopic (exact) mass is 404 g/mol. The van der Waals surface area contributed by atoms with E-state index in [4.69, 9.17) is 0 Å². The van der Waals surface area contributed by atoms with Gasteiger partial charge in [-0.25, -0.2) is 4.98 Å². The molecule has 0 aliphatic rings. The summed E-state index contributed by atoms with van der Waals surface area (Å²) in [5.74, 6) is 0.0768. The summed E-state index contributed by atoms with van der Waals surface area (Å²) in [5, 5.41) is 0.399. The minimum atomic E-state index is -4.41. The zero-order valence-electron chi connectivity index (χ0n) is 15.5. The average molecular weight is 404 g/mol. The van der Waals surface area contributed by atoms with Gasteiger partial charge < -0.3 is 0 Å². The van der Waals surface area contributed by atoms with Gasteiger partial charge in [0.1, 0.15) is 0 Å². The summed E-state index contributed by atoms with van der Waals surface area (Å²) in [4.78, 5) is 17.3. The Hall–Kier alpha value is -2.54. The lowest BCUT2D eigenvalue weighted by Gasteiger charge is -2.14. The number of aryl methyl sites for hydroxylation is 1. The van der Waals surface area contributed by atoms with Crippen LogP contribution in [0.2, 0.25) is 0 Å². The first-order chi connectivity index (χ1) is 13.3. The molecule has 0 radical (unpaired) electrons. The minimum Gasteiger partial charge on any atom is -0.291 e. The highest BCUT2D eigenvalue weighted by Crippen LogP contribution is 2.34. The molecular weight excluding hydrogens is 385 g/mol. The van der Waals surface area contributed by atoms with Gasteiger partial charge in [0, 0.05) is 30.5 Å². The molecule has 2 aromatic carbocycles. The maximum Gasteiger partial charge on any atom is 0.416 e. The molecule has 0 fully saturated rings. The molecule has 0 unspecified atom stereocenters. The molecule has 146 valence electrons. The minimum absolute atomic E-state index is 0.0768. The Morgan fingerprint density at radius 2 is 1.68 bits per heavy atom. The molecule has 0 amide bonds. The van der Waals surface area contributed by atoms with E-state index in [1.54, 1.807) is 20.0 Å². The van der Waals surface area contributed by atoms with Crippen LogP contribution in [0.1, 0.15) is 27.9 Å². The standard InChI is InChI=1S/C21H19F3N2OS/c1-14-17(12-15-8-4-3-5-9-15)19(27)26(2)20(25-14)28-13-16-10-6-7-11-18(16)21(22,23)24/h3-11H,12-13H2,1-2H3. The number of rotatable bonds is 5. The molecule has 0 N–H and O–H groups in total. The van der Waals surface area contributed by atoms with Crippen LogP contribution in [0, 0.1) is 6.92 Å². The van der Waals surface area contributed by atoms with E-state index in [-0.39, 0.29) is 16.9 Å². The van der Waals surface area contributed by atoms with E-state index in [2.05, 4.69) is 4.98 Å². The second kappa shape index (κ2) is 8.22. The second-order valence-corrected chi connectivity index (χ2v) is 7.37. The van der Waals surface area contributed by atoms with Crippen LogP contribution in [-0.4, -0.2) is 9.55 Å². The van der Waals surface area contributed by atoms with Crippen molar-refractivity contribution in [1.29, 1.82) is 0 Å². The van der Waals surface area contributed by atoms with Gasteiger partial charge in [0.05, 0.1) is 5.56 Å². The highest BCUT2D eigenvalue weighted by molar-refractivity contribution is 7.98. The molecule has 3 rings (SSSR count). The zero-order chi connectivity index (χ0) is 20.3. The third-order valence-electron chi connectivity index (χ3n) is 4.45. The summed E-state index contributed by atoms with van der Waals surface area (Å²) in [6.45, 7) is 1.76. The van der Waals surface area contributed by atoms with Crippen molar-refractivity contribution < 1.29 is 13.2 Å². The van der Waals surface area contributed by atoms with Gasteiger partial charge in [0.2, 0.25) is 0 Å². The molecule has 1 aromatic heterocycles. The summed E-state index contributed by atoms with van der Waals surface area (Å²) in [5.41, 5.74) is 1.52. The largest absolute Gasteiger partial charge is 0.416 e. The lowest BCUT2D eigenvalue weighted by molar-refractivity contribution is -0.138. The Morgan fingerprint density at radius 1 is 1.04 bits per heavy atom. The third-order valence-corrected chi connectivity index (χ3v) is 5.53. The lowest BCUT2D eigenvalue weighted by atomic mass is 10.1. The molecule has 0 spiro atoms. The topological polar surface area (TPSA) is 34.9 Å². The number of nitrogens with zero attached hydrogens (tertiary/aromatic N) is 2. The summed E-state index contributed by atoms with van der Waals surface area (Å²) < 4.78 is 40.9. The van der Waals surface area contributed by atoms with Crippen LogP contribution in [-0.2, 0) is 25.4 Å². The molecule has 3 aromatic rings. The Balaban J connectivity index is 1.86. The maximum atomic E-state index is 13.2. The lowest BCUT2D eigenvalue weighted by Crippen LogP contribution is -2.25. The van der Waals surface area contributed by atoms with E-state index in [0.717, 1.165) is 23.4 Å². The first-order valence-electron chi connectivity index (χ1n) is 8.65. The van der Waals surface area contributed by atoms with Crippen molar-refractivity contribution in [2.24, 2.45) is 7.05 Å². The van der Waals surface area contributed by atoms with E-state index in [1.807, 2.05) is 30.3 Å². The van der Waals surface area contributed by atoms with Crippen molar-refractivity contribution in [1.82, 2.24) is 9.55 Å². The number of halogens is 3. The third kappa shape index (κ3) is 4.47. The first-order valence-corrected chi connectivity index (χ1v) is 9.64. The molecule has 0 aliphatic heterocycles. The highest BCUT2D eigenvalue weighted by Gasteiger charge is 2.32. The summed E-state index contributed by atoms with van der Waals surface area (Å²) in [6.07, 6.45) is -3.94. The molecule has 7 heteroatoms. The Morgan fingerprint density at radius 3 is 2.36 bits per heavy atom. The fraction of sp³-hybridized carbons (Fsp3) is 0.238. The molecule has 0 bridgehead atoms. The van der Waals surface area contributed by atoms with Crippen molar-refractivity contribution >= 4 is 11.8 Å². The molecule has 0 aliphatic carbocycles. The number of alkyl halides is 3. The second-order valence-electron chi connectivity index (χ2n) is 6.43. The van der Waals surface area contributed by atoms with Crippen molar-refractivity contribution in [3.05, 3.63) is 92.9 Å². The smallest absolute Gasteiger partial charge is 0.291 e. The van der Waals surface area contributed by atoms with Crippen LogP contribution >= 0.6 is 11.8 Å². The van der Waals surface area contributed by atoms with Crippen LogP contribution in [0.4, 0.5) is 13.2 Å². The van der Waals surface area contributed by atoms with Crippen LogP contribution < -0.4 is 5.56 Å².